The number of nitrogens with one attached hydrogen (secondary N) is 1. The van der Waals surface area contributed by atoms with Crippen LogP contribution in [0.25, 0.3) is 6.08 Å². The number of hydrogen-bond acceptors (Lipinski definition) is 2. The highest BCUT2D eigenvalue weighted by molar-refractivity contribution is 5.91. The van der Waals surface area contributed by atoms with Gasteiger partial charge in [0.1, 0.15) is 5.75 Å². The van der Waals surface area contributed by atoms with Gasteiger partial charge in [-0.05, 0) is 54.2 Å². The molecule has 3 heteroatoms. The molecule has 0 spiro atoms. The SMILES string of the molecule is CCOc1ccc([C@H](C)NC(=O)/C=C/c2ccc(C(C)(C)C)cc2)cc1. The average molecular weight is 351 g/mol. The van der Waals surface area contributed by atoms with Crippen molar-refractivity contribution < 1.29 is 9.53 Å². The first-order valence-electron chi connectivity index (χ1n) is 9.11. The lowest BCUT2D eigenvalue weighted by Gasteiger charge is -2.18. The van der Waals surface area contributed by atoms with Crippen molar-refractivity contribution in [3.8, 4) is 5.75 Å². The summed E-state index contributed by atoms with van der Waals surface area (Å²) in [6.45, 7) is 11.1. The molecule has 0 saturated heterocycles. The van der Waals surface area contributed by atoms with Gasteiger partial charge in [0, 0.05) is 6.08 Å². The monoisotopic (exact) mass is 351 g/mol. The minimum atomic E-state index is -0.105. The molecule has 0 bridgehead atoms. The van der Waals surface area contributed by atoms with Crippen molar-refractivity contribution in [1.29, 1.82) is 0 Å². The third-order valence-electron chi connectivity index (χ3n) is 4.25. The lowest BCUT2D eigenvalue weighted by atomic mass is 9.87. The molecule has 0 fully saturated rings. The van der Waals surface area contributed by atoms with Gasteiger partial charge in [-0.15, -0.1) is 0 Å². The Labute approximate surface area is 157 Å². The Morgan fingerprint density at radius 2 is 1.69 bits per heavy atom. The van der Waals surface area contributed by atoms with Crippen LogP contribution in [0, 0.1) is 0 Å². The second kappa shape index (κ2) is 8.70. The van der Waals surface area contributed by atoms with Crippen LogP contribution in [0.2, 0.25) is 0 Å². The molecule has 0 aliphatic heterocycles. The fourth-order valence-corrected chi connectivity index (χ4v) is 2.63. The van der Waals surface area contributed by atoms with Crippen LogP contribution in [-0.4, -0.2) is 12.5 Å². The average Bonchev–Trinajstić information content (AvgIpc) is 2.60. The van der Waals surface area contributed by atoms with Crippen LogP contribution in [0.5, 0.6) is 5.75 Å². The van der Waals surface area contributed by atoms with Crippen molar-refractivity contribution in [3.05, 3.63) is 71.3 Å². The van der Waals surface area contributed by atoms with Crippen molar-refractivity contribution in [2.75, 3.05) is 6.61 Å². The highest BCUT2D eigenvalue weighted by Crippen LogP contribution is 2.22. The van der Waals surface area contributed by atoms with Gasteiger partial charge in [0.15, 0.2) is 0 Å². The second-order valence-electron chi connectivity index (χ2n) is 7.44. The number of carbonyl (C=O) groups excluding carboxylic acids is 1. The maximum Gasteiger partial charge on any atom is 0.244 e. The maximum absolute atomic E-state index is 12.2. The molecule has 138 valence electrons. The minimum absolute atomic E-state index is 0.0638. The zero-order valence-electron chi connectivity index (χ0n) is 16.4. The van der Waals surface area contributed by atoms with Crippen molar-refractivity contribution in [2.24, 2.45) is 0 Å². The Balaban J connectivity index is 1.93. The van der Waals surface area contributed by atoms with E-state index in [0.29, 0.717) is 6.61 Å². The van der Waals surface area contributed by atoms with E-state index in [1.165, 1.54) is 5.56 Å². The summed E-state index contributed by atoms with van der Waals surface area (Å²) in [5.74, 6) is 0.736. The normalized spacial score (nSPS) is 12.8. The van der Waals surface area contributed by atoms with Gasteiger partial charge in [-0.2, -0.15) is 0 Å². The van der Waals surface area contributed by atoms with E-state index in [-0.39, 0.29) is 17.4 Å². The molecule has 0 unspecified atom stereocenters. The van der Waals surface area contributed by atoms with Crippen LogP contribution in [0.3, 0.4) is 0 Å². The molecule has 1 amide bonds. The topological polar surface area (TPSA) is 38.3 Å². The second-order valence-corrected chi connectivity index (χ2v) is 7.44. The number of rotatable bonds is 6. The van der Waals surface area contributed by atoms with Crippen LogP contribution in [0.1, 0.15) is 57.4 Å². The minimum Gasteiger partial charge on any atom is -0.494 e. The van der Waals surface area contributed by atoms with Crippen LogP contribution in [0.15, 0.2) is 54.6 Å². The maximum atomic E-state index is 12.2. The Kier molecular flexibility index (Phi) is 6.62. The first-order chi connectivity index (χ1) is 12.3. The highest BCUT2D eigenvalue weighted by Gasteiger charge is 2.12. The van der Waals surface area contributed by atoms with E-state index < -0.39 is 0 Å². The van der Waals surface area contributed by atoms with Gasteiger partial charge in [0.25, 0.3) is 0 Å². The summed E-state index contributed by atoms with van der Waals surface area (Å²) in [6, 6.07) is 16.0. The Bertz CT molecular complexity index is 737. The molecule has 0 aromatic heterocycles. The van der Waals surface area contributed by atoms with Crippen LogP contribution >= 0.6 is 0 Å². The van der Waals surface area contributed by atoms with E-state index in [1.807, 2.05) is 56.3 Å². The van der Waals surface area contributed by atoms with Gasteiger partial charge in [0.05, 0.1) is 12.6 Å². The van der Waals surface area contributed by atoms with Gasteiger partial charge >= 0.3 is 0 Å². The van der Waals surface area contributed by atoms with Crippen LogP contribution < -0.4 is 10.1 Å². The summed E-state index contributed by atoms with van der Waals surface area (Å²) in [4.78, 5) is 12.2. The molecule has 0 saturated carbocycles. The highest BCUT2D eigenvalue weighted by atomic mass is 16.5. The van der Waals surface area contributed by atoms with E-state index >= 15 is 0 Å². The van der Waals surface area contributed by atoms with Gasteiger partial charge in [0.2, 0.25) is 5.91 Å². The van der Waals surface area contributed by atoms with Crippen molar-refractivity contribution >= 4 is 12.0 Å². The molecule has 2 aromatic rings. The molecule has 1 atom stereocenters. The molecule has 0 radical (unpaired) electrons. The smallest absolute Gasteiger partial charge is 0.244 e. The Morgan fingerprint density at radius 1 is 1.08 bits per heavy atom. The Morgan fingerprint density at radius 3 is 2.23 bits per heavy atom. The van der Waals surface area contributed by atoms with Gasteiger partial charge in [-0.3, -0.25) is 4.79 Å². The summed E-state index contributed by atoms with van der Waals surface area (Å²) in [7, 11) is 0. The first kappa shape index (κ1) is 19.8. The molecule has 26 heavy (non-hydrogen) atoms. The summed E-state index contributed by atoms with van der Waals surface area (Å²) < 4.78 is 5.44. The van der Waals surface area contributed by atoms with Crippen molar-refractivity contribution in [3.63, 3.8) is 0 Å². The standard InChI is InChI=1S/C23H29NO2/c1-6-26-21-14-10-19(11-15-21)17(2)24-22(25)16-9-18-7-12-20(13-8-18)23(3,4)5/h7-17H,6H2,1-5H3,(H,24,25)/b16-9+/t17-/m0/s1. The predicted octanol–water partition coefficient (Wildman–Crippen LogP) is 5.27. The summed E-state index contributed by atoms with van der Waals surface area (Å²) in [5.41, 5.74) is 3.47. The van der Waals surface area contributed by atoms with E-state index in [9.17, 15) is 4.79 Å². The lowest BCUT2D eigenvalue weighted by Crippen LogP contribution is -2.24. The van der Waals surface area contributed by atoms with Gasteiger partial charge in [-0.25, -0.2) is 0 Å². The third kappa shape index (κ3) is 5.76. The molecule has 3 nitrogen and oxygen atoms in total. The third-order valence-corrected chi connectivity index (χ3v) is 4.25. The number of hydrogen-bond donors (Lipinski definition) is 1. The summed E-state index contributed by atoms with van der Waals surface area (Å²) in [6.07, 6.45) is 3.42. The molecule has 0 aliphatic rings. The molecule has 2 aromatic carbocycles. The van der Waals surface area contributed by atoms with E-state index in [0.717, 1.165) is 16.9 Å². The number of benzene rings is 2. The number of amides is 1. The molecule has 2 rings (SSSR count). The molecular weight excluding hydrogens is 322 g/mol. The Hall–Kier alpha value is -2.55. The molecule has 1 N–H and O–H groups in total. The first-order valence-corrected chi connectivity index (χ1v) is 9.11. The van der Waals surface area contributed by atoms with Crippen molar-refractivity contribution in [1.82, 2.24) is 5.32 Å². The lowest BCUT2D eigenvalue weighted by molar-refractivity contribution is -0.117. The summed E-state index contributed by atoms with van der Waals surface area (Å²) >= 11 is 0. The van der Waals surface area contributed by atoms with Crippen LogP contribution in [0.4, 0.5) is 0 Å². The fraction of sp³-hybridized carbons (Fsp3) is 0.348. The van der Waals surface area contributed by atoms with E-state index in [1.54, 1.807) is 6.08 Å². The summed E-state index contributed by atoms with van der Waals surface area (Å²) in [5, 5.41) is 2.99. The van der Waals surface area contributed by atoms with E-state index in [2.05, 4.69) is 38.2 Å². The molecule has 0 aliphatic carbocycles. The van der Waals surface area contributed by atoms with Crippen LogP contribution in [-0.2, 0) is 10.2 Å². The molecular formula is C23H29NO2. The van der Waals surface area contributed by atoms with Crippen molar-refractivity contribution in [2.45, 2.75) is 46.1 Å². The number of ether oxygens (including phenoxy) is 1. The fourth-order valence-electron chi connectivity index (χ4n) is 2.63. The zero-order chi connectivity index (χ0) is 19.2. The predicted molar refractivity (Wildman–Crippen MR) is 108 cm³/mol. The quantitative estimate of drug-likeness (QED) is 0.720. The van der Waals surface area contributed by atoms with Gasteiger partial charge < -0.3 is 10.1 Å². The number of carbonyl (C=O) groups is 1. The largest absolute Gasteiger partial charge is 0.494 e. The zero-order valence-corrected chi connectivity index (χ0v) is 16.4. The molecule has 0 heterocycles. The van der Waals surface area contributed by atoms with Gasteiger partial charge in [-0.1, -0.05) is 57.2 Å². The van der Waals surface area contributed by atoms with E-state index in [4.69, 9.17) is 4.74 Å².